The number of hydrogen-bond acceptors (Lipinski definition) is 4. The summed E-state index contributed by atoms with van der Waals surface area (Å²) in [4.78, 5) is 4.68. The summed E-state index contributed by atoms with van der Waals surface area (Å²) in [5.74, 6) is 2.28. The molecule has 122 valence electrons. The molecule has 1 aliphatic carbocycles. The van der Waals surface area contributed by atoms with Gasteiger partial charge in [-0.05, 0) is 53.2 Å². The highest BCUT2D eigenvalue weighted by Gasteiger charge is 2.41. The average molecular weight is 319 g/mol. The van der Waals surface area contributed by atoms with Gasteiger partial charge in [-0.25, -0.2) is 0 Å². The number of benzene rings is 1. The van der Waals surface area contributed by atoms with Crippen LogP contribution in [0.1, 0.15) is 60.4 Å². The van der Waals surface area contributed by atoms with Crippen LogP contribution in [0.5, 0.6) is 0 Å². The SMILES string of the molecule is Cc1c(C(C)C)ccnc1C1CC1c1ccc(-c2nn[nH]n2)cc1. The minimum Gasteiger partial charge on any atom is -0.261 e. The van der Waals surface area contributed by atoms with Crippen LogP contribution in [0.2, 0.25) is 0 Å². The normalized spacial score (nSPS) is 19.7. The molecule has 2 unspecified atom stereocenters. The molecule has 1 aliphatic rings. The highest BCUT2D eigenvalue weighted by molar-refractivity contribution is 5.55. The number of aromatic amines is 1. The molecule has 1 saturated carbocycles. The van der Waals surface area contributed by atoms with Crippen molar-refractivity contribution in [2.45, 2.75) is 44.9 Å². The van der Waals surface area contributed by atoms with E-state index in [9.17, 15) is 0 Å². The molecule has 0 amide bonds. The average Bonchev–Trinajstić information content (AvgIpc) is 3.18. The Morgan fingerprint density at radius 3 is 2.54 bits per heavy atom. The van der Waals surface area contributed by atoms with Crippen LogP contribution in [-0.4, -0.2) is 25.6 Å². The summed E-state index contributed by atoms with van der Waals surface area (Å²) in [6.45, 7) is 6.70. The fourth-order valence-corrected chi connectivity index (χ4v) is 3.60. The van der Waals surface area contributed by atoms with E-state index in [1.165, 1.54) is 28.8 Å². The van der Waals surface area contributed by atoms with Gasteiger partial charge in [-0.3, -0.25) is 4.98 Å². The first-order chi connectivity index (χ1) is 11.6. The molecule has 2 heterocycles. The third-order valence-electron chi connectivity index (χ3n) is 4.99. The van der Waals surface area contributed by atoms with E-state index in [-0.39, 0.29) is 0 Å². The zero-order valence-electron chi connectivity index (χ0n) is 14.2. The Balaban J connectivity index is 1.56. The quantitative estimate of drug-likeness (QED) is 0.790. The lowest BCUT2D eigenvalue weighted by atomic mass is 9.95. The Morgan fingerprint density at radius 2 is 1.88 bits per heavy atom. The fourth-order valence-electron chi connectivity index (χ4n) is 3.60. The van der Waals surface area contributed by atoms with Gasteiger partial charge in [0.05, 0.1) is 0 Å². The van der Waals surface area contributed by atoms with Gasteiger partial charge < -0.3 is 0 Å². The molecule has 2 atom stereocenters. The van der Waals surface area contributed by atoms with E-state index in [4.69, 9.17) is 0 Å². The van der Waals surface area contributed by atoms with Crippen LogP contribution in [0.25, 0.3) is 11.4 Å². The fraction of sp³-hybridized carbons (Fsp3) is 0.368. The van der Waals surface area contributed by atoms with Crippen molar-refractivity contribution in [3.05, 3.63) is 58.9 Å². The lowest BCUT2D eigenvalue weighted by Crippen LogP contribution is -2.00. The van der Waals surface area contributed by atoms with Crippen molar-refractivity contribution in [1.82, 2.24) is 25.6 Å². The Labute approximate surface area is 141 Å². The predicted molar refractivity (Wildman–Crippen MR) is 92.8 cm³/mol. The minimum absolute atomic E-state index is 0.540. The summed E-state index contributed by atoms with van der Waals surface area (Å²) in [6, 6.07) is 10.7. The summed E-state index contributed by atoms with van der Waals surface area (Å²) < 4.78 is 0. The highest BCUT2D eigenvalue weighted by Crippen LogP contribution is 2.55. The van der Waals surface area contributed by atoms with Gasteiger partial charge in [-0.15, -0.1) is 10.2 Å². The Bertz CT molecular complexity index is 837. The van der Waals surface area contributed by atoms with Crippen molar-refractivity contribution < 1.29 is 0 Å². The van der Waals surface area contributed by atoms with Gasteiger partial charge in [0, 0.05) is 23.4 Å². The zero-order valence-corrected chi connectivity index (χ0v) is 14.2. The number of aromatic nitrogens is 5. The predicted octanol–water partition coefficient (Wildman–Crippen LogP) is 3.96. The summed E-state index contributed by atoms with van der Waals surface area (Å²) in [6.07, 6.45) is 3.14. The maximum absolute atomic E-state index is 4.68. The first-order valence-electron chi connectivity index (χ1n) is 8.44. The number of tetrazole rings is 1. The van der Waals surface area contributed by atoms with Crippen LogP contribution in [-0.2, 0) is 0 Å². The van der Waals surface area contributed by atoms with Crippen LogP contribution >= 0.6 is 0 Å². The van der Waals surface area contributed by atoms with Gasteiger partial charge in [0.15, 0.2) is 0 Å². The van der Waals surface area contributed by atoms with Crippen molar-refractivity contribution in [1.29, 1.82) is 0 Å². The molecule has 2 aromatic heterocycles. The molecule has 0 spiro atoms. The molecule has 1 aromatic carbocycles. The molecule has 1 N–H and O–H groups in total. The maximum atomic E-state index is 4.68. The van der Waals surface area contributed by atoms with Crippen molar-refractivity contribution in [3.8, 4) is 11.4 Å². The zero-order chi connectivity index (χ0) is 16.7. The van der Waals surface area contributed by atoms with Crippen molar-refractivity contribution >= 4 is 0 Å². The number of rotatable bonds is 4. The molecule has 24 heavy (non-hydrogen) atoms. The number of nitrogens with one attached hydrogen (secondary N) is 1. The van der Waals surface area contributed by atoms with E-state index in [2.05, 4.69) is 76.7 Å². The lowest BCUT2D eigenvalue weighted by Gasteiger charge is -2.13. The van der Waals surface area contributed by atoms with E-state index in [0.717, 1.165) is 5.56 Å². The summed E-state index contributed by atoms with van der Waals surface area (Å²) in [7, 11) is 0. The number of H-pyrrole nitrogens is 1. The Hall–Kier alpha value is -2.56. The van der Waals surface area contributed by atoms with Crippen LogP contribution in [0.3, 0.4) is 0 Å². The number of hydrogen-bond donors (Lipinski definition) is 1. The van der Waals surface area contributed by atoms with E-state index < -0.39 is 0 Å². The van der Waals surface area contributed by atoms with Crippen molar-refractivity contribution in [3.63, 3.8) is 0 Å². The summed E-state index contributed by atoms with van der Waals surface area (Å²) >= 11 is 0. The first kappa shape index (κ1) is 15.0. The largest absolute Gasteiger partial charge is 0.261 e. The van der Waals surface area contributed by atoms with Gasteiger partial charge in [0.25, 0.3) is 0 Å². The van der Waals surface area contributed by atoms with Crippen LogP contribution in [0.4, 0.5) is 0 Å². The molecule has 1 fully saturated rings. The number of nitrogens with zero attached hydrogens (tertiary/aromatic N) is 4. The van der Waals surface area contributed by atoms with E-state index in [1.54, 1.807) is 0 Å². The highest BCUT2D eigenvalue weighted by atomic mass is 15.5. The third kappa shape index (κ3) is 2.60. The van der Waals surface area contributed by atoms with E-state index in [0.29, 0.717) is 23.6 Å². The van der Waals surface area contributed by atoms with Gasteiger partial charge >= 0.3 is 0 Å². The molecule has 0 bridgehead atoms. The molecule has 4 rings (SSSR count). The van der Waals surface area contributed by atoms with Crippen LogP contribution in [0.15, 0.2) is 36.5 Å². The Morgan fingerprint density at radius 1 is 1.08 bits per heavy atom. The van der Waals surface area contributed by atoms with Crippen LogP contribution in [0, 0.1) is 6.92 Å². The molecular formula is C19H21N5. The second-order valence-corrected chi connectivity index (χ2v) is 6.87. The third-order valence-corrected chi connectivity index (χ3v) is 4.99. The van der Waals surface area contributed by atoms with Gasteiger partial charge in [0.1, 0.15) is 0 Å². The molecule has 5 heteroatoms. The van der Waals surface area contributed by atoms with Crippen molar-refractivity contribution in [2.24, 2.45) is 0 Å². The molecule has 0 saturated heterocycles. The van der Waals surface area contributed by atoms with Gasteiger partial charge in [-0.1, -0.05) is 38.1 Å². The molecule has 0 radical (unpaired) electrons. The number of pyridine rings is 1. The lowest BCUT2D eigenvalue weighted by molar-refractivity contribution is 0.833. The van der Waals surface area contributed by atoms with Crippen LogP contribution < -0.4 is 0 Å². The minimum atomic E-state index is 0.540. The topological polar surface area (TPSA) is 67.3 Å². The molecule has 3 aromatic rings. The van der Waals surface area contributed by atoms with Crippen molar-refractivity contribution in [2.75, 3.05) is 0 Å². The second-order valence-electron chi connectivity index (χ2n) is 6.87. The van der Waals surface area contributed by atoms with Gasteiger partial charge in [0.2, 0.25) is 5.82 Å². The second kappa shape index (κ2) is 5.82. The monoisotopic (exact) mass is 319 g/mol. The maximum Gasteiger partial charge on any atom is 0.204 e. The first-order valence-corrected chi connectivity index (χ1v) is 8.44. The van der Waals surface area contributed by atoms with E-state index >= 15 is 0 Å². The molecular weight excluding hydrogens is 298 g/mol. The molecule has 5 nitrogen and oxygen atoms in total. The van der Waals surface area contributed by atoms with Gasteiger partial charge in [-0.2, -0.15) is 5.21 Å². The molecule has 0 aliphatic heterocycles. The Kier molecular flexibility index (Phi) is 3.63. The standard InChI is InChI=1S/C19H21N5/c1-11(2)15-8-9-20-18(12(15)3)17-10-16(17)13-4-6-14(7-5-13)19-21-23-24-22-19/h4-9,11,16-17H,10H2,1-3H3,(H,21,22,23,24). The summed E-state index contributed by atoms with van der Waals surface area (Å²) in [5, 5.41) is 14.1. The summed E-state index contributed by atoms with van der Waals surface area (Å²) in [5.41, 5.74) is 6.40. The smallest absolute Gasteiger partial charge is 0.204 e. The van der Waals surface area contributed by atoms with E-state index in [1.807, 2.05) is 6.20 Å².